The van der Waals surface area contributed by atoms with Gasteiger partial charge in [-0.1, -0.05) is 0 Å². The molecule has 0 aromatic rings. The number of hydrogen-bond acceptors (Lipinski definition) is 10. The van der Waals surface area contributed by atoms with Crippen LogP contribution < -0.4 is 0 Å². The van der Waals surface area contributed by atoms with E-state index in [-0.39, 0.29) is 6.90 Å². The zero-order valence-corrected chi connectivity index (χ0v) is 11.3. The predicted octanol–water partition coefficient (Wildman–Crippen LogP) is -3.16. The zero-order valence-electron chi connectivity index (χ0n) is 8.00. The molecule has 0 saturated carbocycles. The molecule has 0 aliphatic carbocycles. The minimum atomic E-state index is -4.67. The van der Waals surface area contributed by atoms with Gasteiger partial charge in [0.15, 0.2) is 0 Å². The smallest absolute Gasteiger partial charge is 0.394 e. The van der Waals surface area contributed by atoms with Crippen LogP contribution in [0.15, 0.2) is 0 Å². The Morgan fingerprint density at radius 2 is 0.632 bits per heavy atom. The molecule has 0 amide bonds. The average molecular weight is 376 g/mol. The second-order valence-corrected chi connectivity index (χ2v) is 3.10. The lowest BCUT2D eigenvalue weighted by Gasteiger charge is -1.68. The van der Waals surface area contributed by atoms with Gasteiger partial charge >= 0.3 is 43.9 Å². The van der Waals surface area contributed by atoms with Crippen molar-refractivity contribution < 1.29 is 58.8 Å². The Labute approximate surface area is 113 Å². The summed E-state index contributed by atoms with van der Waals surface area (Å²) in [6, 6.07) is 0. The summed E-state index contributed by atoms with van der Waals surface area (Å²) < 4.78 is 96.3. The molecule has 0 fully saturated rings. The second kappa shape index (κ2) is 25.7. The monoisotopic (exact) mass is 376 g/mol. The fraction of sp³-hybridized carbons (Fsp3) is 0. The van der Waals surface area contributed by atoms with Crippen molar-refractivity contribution in [1.29, 1.82) is 0 Å². The first-order valence-corrected chi connectivity index (χ1v) is 6.36. The lowest BCUT2D eigenvalue weighted by Crippen LogP contribution is -1.89. The minimum absolute atomic E-state index is 0. The van der Waals surface area contributed by atoms with Gasteiger partial charge in [-0.2, -0.15) is 33.7 Å². The lowest BCUT2D eigenvalue weighted by atomic mass is 15.3. The van der Waals surface area contributed by atoms with E-state index in [9.17, 15) is 0 Å². The van der Waals surface area contributed by atoms with Crippen LogP contribution in [0.25, 0.3) is 0 Å². The maximum absolute atomic E-state index is 8.74. The van der Waals surface area contributed by atoms with E-state index in [2.05, 4.69) is 0 Å². The van der Waals surface area contributed by atoms with Gasteiger partial charge in [-0.25, -0.2) is 0 Å². The Kier molecular flexibility index (Phi) is 48.9. The van der Waals surface area contributed by atoms with E-state index in [1.54, 1.807) is 0 Å². The SMILES string of the molecule is O.O=O.O=S(=O)(O)O.O=S(=O)(O)O.O=S=O.O=S=O.[HH]. The summed E-state index contributed by atoms with van der Waals surface area (Å²) in [4.78, 5) is 14.0. The highest BCUT2D eigenvalue weighted by Crippen LogP contribution is 1.59. The highest BCUT2D eigenvalue weighted by Gasteiger charge is 1.85. The van der Waals surface area contributed by atoms with E-state index >= 15 is 0 Å². The Bertz CT molecular complexity index is 356. The van der Waals surface area contributed by atoms with Crippen molar-refractivity contribution in [3.05, 3.63) is 9.93 Å². The van der Waals surface area contributed by atoms with Crippen LogP contribution >= 0.6 is 0 Å². The molecule has 0 heterocycles. The lowest BCUT2D eigenvalue weighted by molar-refractivity contribution is 0.378. The summed E-state index contributed by atoms with van der Waals surface area (Å²) in [5.41, 5.74) is 0. The standard InChI is InChI=1S/2H2O4S.2O2S.O2.H2O.H2/c2*1-5(2,3)4;2*1-3-2;1-2;;/h2*(H2,1,2,3,4);;;;1H2;1H. The van der Waals surface area contributed by atoms with Crippen molar-refractivity contribution in [2.24, 2.45) is 0 Å². The van der Waals surface area contributed by atoms with Crippen molar-refractivity contribution >= 4 is 43.9 Å². The van der Waals surface area contributed by atoms with Gasteiger partial charge in [0.05, 0.1) is 0 Å². The zero-order chi connectivity index (χ0) is 16.4. The molecule has 0 unspecified atom stereocenters. The normalized spacial score (nSPS) is 7.58. The van der Waals surface area contributed by atoms with Crippen molar-refractivity contribution in [1.82, 2.24) is 0 Å². The van der Waals surface area contributed by atoms with Crippen LogP contribution in [0.4, 0.5) is 0 Å². The highest BCUT2D eigenvalue weighted by molar-refractivity contribution is 7.80. The van der Waals surface area contributed by atoms with Crippen LogP contribution in [-0.2, 0) is 43.9 Å². The second-order valence-electron chi connectivity index (χ2n) is 1.03. The van der Waals surface area contributed by atoms with Crippen LogP contribution in [-0.4, -0.2) is 57.4 Å². The van der Waals surface area contributed by atoms with Crippen LogP contribution in [0.5, 0.6) is 0 Å². The molecule has 0 aliphatic heterocycles. The molecule has 0 aromatic heterocycles. The van der Waals surface area contributed by atoms with E-state index in [0.717, 1.165) is 0 Å². The summed E-state index contributed by atoms with van der Waals surface area (Å²) in [5.74, 6) is 0. The van der Waals surface area contributed by atoms with Gasteiger partial charge in [0, 0.05) is 11.4 Å². The highest BCUT2D eigenvalue weighted by atomic mass is 32.3. The van der Waals surface area contributed by atoms with Crippen LogP contribution in [0.3, 0.4) is 0 Å². The summed E-state index contributed by atoms with van der Waals surface area (Å²) in [7, 11) is -9.33. The molecule has 0 aromatic carbocycles. The van der Waals surface area contributed by atoms with Gasteiger partial charge in [-0.3, -0.25) is 18.2 Å². The molecular weight excluding hydrogens is 368 g/mol. The van der Waals surface area contributed by atoms with Crippen LogP contribution in [0.1, 0.15) is 1.43 Å². The maximum atomic E-state index is 8.74. The van der Waals surface area contributed by atoms with E-state index in [1.165, 1.54) is 0 Å². The fourth-order valence-corrected chi connectivity index (χ4v) is 0. The molecule has 6 N–H and O–H groups in total. The molecule has 19 heavy (non-hydrogen) atoms. The molecular formula is H8O15S4. The third-order valence-corrected chi connectivity index (χ3v) is 0. The van der Waals surface area contributed by atoms with Crippen molar-refractivity contribution in [2.45, 2.75) is 0 Å². The van der Waals surface area contributed by atoms with Crippen molar-refractivity contribution in [2.75, 3.05) is 0 Å². The van der Waals surface area contributed by atoms with Crippen molar-refractivity contribution in [3.63, 3.8) is 0 Å². The van der Waals surface area contributed by atoms with Gasteiger partial charge in [-0.15, -0.1) is 0 Å². The molecule has 15 nitrogen and oxygen atoms in total. The molecule has 122 valence electrons. The molecule has 19 heteroatoms. The number of rotatable bonds is 0. The third kappa shape index (κ3) is 3370. The van der Waals surface area contributed by atoms with E-state index in [0.29, 0.717) is 0 Å². The third-order valence-electron chi connectivity index (χ3n) is 0. The Hall–Kier alpha value is -1.06. The quantitative estimate of drug-likeness (QED) is 0.303. The van der Waals surface area contributed by atoms with Gasteiger partial charge < -0.3 is 5.48 Å². The molecule has 0 radical (unpaired) electrons. The Balaban J connectivity index is -0.0000000214. The predicted molar refractivity (Wildman–Crippen MR) is 58.7 cm³/mol. The molecule has 0 saturated heterocycles. The molecule has 0 bridgehead atoms. The van der Waals surface area contributed by atoms with Gasteiger partial charge in [-0.05, 0) is 0 Å². The largest absolute Gasteiger partial charge is 0.412 e. The van der Waals surface area contributed by atoms with Crippen molar-refractivity contribution in [3.8, 4) is 0 Å². The van der Waals surface area contributed by atoms with E-state index in [4.69, 9.17) is 61.8 Å². The summed E-state index contributed by atoms with van der Waals surface area (Å²) in [6.07, 6.45) is 0. The molecule has 0 rings (SSSR count). The molecule has 0 spiro atoms. The van der Waals surface area contributed by atoms with Gasteiger partial charge in [0.25, 0.3) is 0 Å². The van der Waals surface area contributed by atoms with E-state index in [1.807, 2.05) is 0 Å². The first-order chi connectivity index (χ1) is 7.83. The summed E-state index contributed by atoms with van der Waals surface area (Å²) in [6.45, 7) is 0. The first-order valence-electron chi connectivity index (χ1n) is 2.23. The number of hydrogen-bond donors (Lipinski definition) is 4. The van der Waals surface area contributed by atoms with Gasteiger partial charge in [0.1, 0.15) is 0 Å². The average Bonchev–Trinajstić information content (AvgIpc) is 2.03. The molecule has 0 atom stereocenters. The molecule has 0 aliphatic rings. The van der Waals surface area contributed by atoms with Crippen LogP contribution in [0.2, 0.25) is 0 Å². The van der Waals surface area contributed by atoms with Crippen LogP contribution in [0, 0.1) is 9.93 Å². The maximum Gasteiger partial charge on any atom is 0.394 e. The van der Waals surface area contributed by atoms with E-state index < -0.39 is 43.9 Å². The Morgan fingerprint density at radius 3 is 0.632 bits per heavy atom. The van der Waals surface area contributed by atoms with Gasteiger partial charge in [0.2, 0.25) is 0 Å². The topological polar surface area (TPSA) is 283 Å². The fourth-order valence-electron chi connectivity index (χ4n) is 0. The first kappa shape index (κ1) is 36.1. The minimum Gasteiger partial charge on any atom is -0.412 e. The Morgan fingerprint density at radius 1 is 0.632 bits per heavy atom. The summed E-state index contributed by atoms with van der Waals surface area (Å²) in [5, 5.41) is 0. The summed E-state index contributed by atoms with van der Waals surface area (Å²) >= 11 is -1.50.